The lowest BCUT2D eigenvalue weighted by molar-refractivity contribution is 0.395. The van der Waals surface area contributed by atoms with Crippen LogP contribution in [0.5, 0.6) is 11.5 Å². The van der Waals surface area contributed by atoms with Crippen molar-refractivity contribution in [1.82, 2.24) is 9.97 Å². The molecule has 1 heterocycles. The van der Waals surface area contributed by atoms with Crippen LogP contribution in [0, 0.1) is 0 Å². The van der Waals surface area contributed by atoms with Crippen molar-refractivity contribution in [2.24, 2.45) is 5.73 Å². The second kappa shape index (κ2) is 9.31. The van der Waals surface area contributed by atoms with E-state index >= 15 is 0 Å². The SMILES string of the molecule is COc1cc(Nc2nc3ccccc3nc2NS(=O)(=O)c2cccc(CN)c2)cc(OC)c1. The second-order valence-electron chi connectivity index (χ2n) is 7.09. The highest BCUT2D eigenvalue weighted by atomic mass is 32.2. The maximum Gasteiger partial charge on any atom is 0.263 e. The molecule has 0 radical (unpaired) electrons. The Hall–Kier alpha value is -3.89. The molecule has 0 saturated heterocycles. The molecule has 0 atom stereocenters. The summed E-state index contributed by atoms with van der Waals surface area (Å²) in [6.45, 7) is 0.226. The van der Waals surface area contributed by atoms with E-state index in [-0.39, 0.29) is 23.1 Å². The minimum atomic E-state index is -3.95. The van der Waals surface area contributed by atoms with Crippen molar-refractivity contribution in [2.75, 3.05) is 24.3 Å². The average Bonchev–Trinajstić information content (AvgIpc) is 2.84. The van der Waals surface area contributed by atoms with Crippen molar-refractivity contribution in [3.05, 3.63) is 72.3 Å². The largest absolute Gasteiger partial charge is 0.497 e. The lowest BCUT2D eigenvalue weighted by Gasteiger charge is -2.15. The Balaban J connectivity index is 1.78. The number of para-hydroxylation sites is 2. The topological polar surface area (TPSA) is 128 Å². The smallest absolute Gasteiger partial charge is 0.263 e. The molecule has 0 unspecified atom stereocenters. The monoisotopic (exact) mass is 465 g/mol. The molecule has 9 nitrogen and oxygen atoms in total. The first kappa shape index (κ1) is 22.3. The van der Waals surface area contributed by atoms with Gasteiger partial charge in [-0.15, -0.1) is 0 Å². The van der Waals surface area contributed by atoms with Gasteiger partial charge >= 0.3 is 0 Å². The van der Waals surface area contributed by atoms with E-state index in [1.807, 2.05) is 6.07 Å². The standard InChI is InChI=1S/C23H23N5O4S/c1-31-17-11-16(12-18(13-17)32-2)25-22-23(27-21-9-4-3-8-20(21)26-22)28-33(29,30)19-7-5-6-15(10-19)14-24/h3-13H,14,24H2,1-2H3,(H,25,26)(H,27,28). The summed E-state index contributed by atoms with van der Waals surface area (Å²) in [6, 6.07) is 18.8. The third-order valence-corrected chi connectivity index (χ3v) is 6.20. The highest BCUT2D eigenvalue weighted by Crippen LogP contribution is 2.31. The fourth-order valence-corrected chi connectivity index (χ4v) is 4.28. The van der Waals surface area contributed by atoms with Crippen LogP contribution in [-0.2, 0) is 16.6 Å². The molecule has 0 bridgehead atoms. The third-order valence-electron chi connectivity index (χ3n) is 4.86. The Morgan fingerprint density at radius 3 is 2.09 bits per heavy atom. The van der Waals surface area contributed by atoms with Gasteiger partial charge in [0.1, 0.15) is 11.5 Å². The van der Waals surface area contributed by atoms with E-state index in [9.17, 15) is 8.42 Å². The van der Waals surface area contributed by atoms with E-state index in [2.05, 4.69) is 20.0 Å². The summed E-state index contributed by atoms with van der Waals surface area (Å²) in [7, 11) is -0.862. The van der Waals surface area contributed by atoms with Crippen LogP contribution in [0.25, 0.3) is 11.0 Å². The molecule has 0 spiro atoms. The van der Waals surface area contributed by atoms with Gasteiger partial charge < -0.3 is 20.5 Å². The molecule has 33 heavy (non-hydrogen) atoms. The van der Waals surface area contributed by atoms with Gasteiger partial charge in [0.15, 0.2) is 11.6 Å². The Morgan fingerprint density at radius 1 is 0.848 bits per heavy atom. The first-order valence-electron chi connectivity index (χ1n) is 10.0. The number of aromatic nitrogens is 2. The molecule has 4 N–H and O–H groups in total. The minimum absolute atomic E-state index is 0.0497. The maximum atomic E-state index is 13.1. The normalized spacial score (nSPS) is 11.2. The number of sulfonamides is 1. The Kier molecular flexibility index (Phi) is 6.29. The van der Waals surface area contributed by atoms with Gasteiger partial charge in [-0.3, -0.25) is 4.72 Å². The zero-order valence-corrected chi connectivity index (χ0v) is 18.9. The summed E-state index contributed by atoms with van der Waals surface area (Å²) in [6.07, 6.45) is 0. The van der Waals surface area contributed by atoms with Crippen LogP contribution in [0.1, 0.15) is 5.56 Å². The van der Waals surface area contributed by atoms with Crippen molar-refractivity contribution in [3.63, 3.8) is 0 Å². The summed E-state index contributed by atoms with van der Waals surface area (Å²) in [5, 5.41) is 3.13. The number of rotatable bonds is 8. The molecular weight excluding hydrogens is 442 g/mol. The quantitative estimate of drug-likeness (QED) is 0.360. The van der Waals surface area contributed by atoms with Crippen LogP contribution in [0.15, 0.2) is 71.6 Å². The third kappa shape index (κ3) is 4.97. The summed E-state index contributed by atoms with van der Waals surface area (Å²) in [4.78, 5) is 9.18. The molecule has 0 saturated carbocycles. The predicted molar refractivity (Wildman–Crippen MR) is 128 cm³/mol. The maximum absolute atomic E-state index is 13.1. The van der Waals surface area contributed by atoms with Gasteiger partial charge in [0.2, 0.25) is 0 Å². The molecular formula is C23H23N5O4S. The molecule has 0 fully saturated rings. The number of nitrogens with two attached hydrogens (primary N) is 1. The van der Waals surface area contributed by atoms with Gasteiger partial charge in [0.25, 0.3) is 10.0 Å². The van der Waals surface area contributed by atoms with Crippen molar-refractivity contribution in [2.45, 2.75) is 11.4 Å². The number of anilines is 3. The van der Waals surface area contributed by atoms with Crippen LogP contribution in [0.4, 0.5) is 17.3 Å². The number of benzene rings is 3. The summed E-state index contributed by atoms with van der Waals surface area (Å²) in [5.41, 5.74) is 8.09. The van der Waals surface area contributed by atoms with E-state index in [4.69, 9.17) is 15.2 Å². The van der Waals surface area contributed by atoms with Gasteiger partial charge in [-0.05, 0) is 29.8 Å². The van der Waals surface area contributed by atoms with Gasteiger partial charge in [0.05, 0.1) is 30.1 Å². The Morgan fingerprint density at radius 2 is 1.48 bits per heavy atom. The van der Waals surface area contributed by atoms with E-state index < -0.39 is 10.0 Å². The summed E-state index contributed by atoms with van der Waals surface area (Å²) in [5.74, 6) is 1.40. The minimum Gasteiger partial charge on any atom is -0.497 e. The summed E-state index contributed by atoms with van der Waals surface area (Å²) >= 11 is 0. The molecule has 0 amide bonds. The van der Waals surface area contributed by atoms with Crippen molar-refractivity contribution in [3.8, 4) is 11.5 Å². The zero-order chi connectivity index (χ0) is 23.4. The molecule has 1 aromatic heterocycles. The Bertz CT molecular complexity index is 1390. The summed E-state index contributed by atoms with van der Waals surface area (Å²) < 4.78 is 39.4. The molecule has 0 aliphatic rings. The number of hydrogen-bond donors (Lipinski definition) is 3. The van der Waals surface area contributed by atoms with E-state index in [0.29, 0.717) is 33.8 Å². The number of hydrogen-bond acceptors (Lipinski definition) is 8. The zero-order valence-electron chi connectivity index (χ0n) is 18.1. The number of ether oxygens (including phenoxy) is 2. The molecule has 170 valence electrons. The second-order valence-corrected chi connectivity index (χ2v) is 8.78. The van der Waals surface area contributed by atoms with Gasteiger partial charge in [-0.1, -0.05) is 24.3 Å². The van der Waals surface area contributed by atoms with E-state index in [1.54, 1.807) is 62.8 Å². The van der Waals surface area contributed by atoms with Crippen molar-refractivity contribution < 1.29 is 17.9 Å². The lowest BCUT2D eigenvalue weighted by Crippen LogP contribution is -2.16. The van der Waals surface area contributed by atoms with Crippen molar-refractivity contribution in [1.29, 1.82) is 0 Å². The van der Waals surface area contributed by atoms with Crippen LogP contribution >= 0.6 is 0 Å². The lowest BCUT2D eigenvalue weighted by atomic mass is 10.2. The number of methoxy groups -OCH3 is 2. The molecule has 4 rings (SSSR count). The van der Waals surface area contributed by atoms with Crippen LogP contribution < -0.4 is 25.2 Å². The fraction of sp³-hybridized carbons (Fsp3) is 0.130. The van der Waals surface area contributed by atoms with Crippen molar-refractivity contribution >= 4 is 38.4 Å². The fourth-order valence-electron chi connectivity index (χ4n) is 3.20. The van der Waals surface area contributed by atoms with Crippen LogP contribution in [0.2, 0.25) is 0 Å². The van der Waals surface area contributed by atoms with Gasteiger partial charge in [-0.2, -0.15) is 0 Å². The van der Waals surface area contributed by atoms with Crippen LogP contribution in [-0.4, -0.2) is 32.6 Å². The molecule has 0 aliphatic heterocycles. The predicted octanol–water partition coefficient (Wildman–Crippen LogP) is 3.65. The molecule has 0 aliphatic carbocycles. The van der Waals surface area contributed by atoms with Gasteiger partial charge in [0, 0.05) is 30.4 Å². The number of nitrogens with one attached hydrogen (secondary N) is 2. The van der Waals surface area contributed by atoms with E-state index in [1.165, 1.54) is 12.1 Å². The average molecular weight is 466 g/mol. The number of nitrogens with zero attached hydrogens (tertiary/aromatic N) is 2. The molecule has 10 heteroatoms. The first-order valence-corrected chi connectivity index (χ1v) is 11.5. The van der Waals surface area contributed by atoms with Crippen LogP contribution in [0.3, 0.4) is 0 Å². The van der Waals surface area contributed by atoms with E-state index in [0.717, 1.165) is 0 Å². The highest BCUT2D eigenvalue weighted by Gasteiger charge is 2.19. The first-order chi connectivity index (χ1) is 15.9. The number of fused-ring (bicyclic) bond motifs is 1. The van der Waals surface area contributed by atoms with Gasteiger partial charge in [-0.25, -0.2) is 18.4 Å². The highest BCUT2D eigenvalue weighted by molar-refractivity contribution is 7.92. The molecule has 4 aromatic rings. The molecule has 3 aromatic carbocycles. The Labute approximate surface area is 191 Å².